The van der Waals surface area contributed by atoms with Gasteiger partial charge in [-0.3, -0.25) is 0 Å². The molecule has 0 aliphatic carbocycles. The van der Waals surface area contributed by atoms with Crippen LogP contribution < -0.4 is 10.5 Å². The largest absolute Gasteiger partial charge is 0.311 e. The molecule has 19 heavy (non-hydrogen) atoms. The third-order valence-corrected chi connectivity index (χ3v) is 4.04. The quantitative estimate of drug-likeness (QED) is 0.758. The van der Waals surface area contributed by atoms with Gasteiger partial charge >= 0.3 is 0 Å². The topological polar surface area (TPSA) is 98.0 Å². The zero-order valence-electron chi connectivity index (χ0n) is 10.1. The molecule has 0 atom stereocenters. The highest BCUT2D eigenvalue weighted by Gasteiger charge is 2.06. The molecule has 1 aromatic heterocycles. The van der Waals surface area contributed by atoms with Gasteiger partial charge in [-0.2, -0.15) is 0 Å². The van der Waals surface area contributed by atoms with Crippen LogP contribution >= 0.6 is 11.5 Å². The molecule has 0 fully saturated rings. The fraction of sp³-hybridized carbons (Fsp3) is 0.273. The highest BCUT2D eigenvalue weighted by atomic mass is 32.2. The Bertz CT molecular complexity index is 609. The van der Waals surface area contributed by atoms with Crippen LogP contribution in [0.25, 0.3) is 0 Å². The van der Waals surface area contributed by atoms with E-state index in [4.69, 9.17) is 5.14 Å². The maximum absolute atomic E-state index is 11.1. The molecule has 1 aromatic carbocycles. The predicted molar refractivity (Wildman–Crippen MR) is 73.1 cm³/mol. The van der Waals surface area contributed by atoms with Crippen molar-refractivity contribution in [3.8, 4) is 0 Å². The third kappa shape index (κ3) is 4.35. The highest BCUT2D eigenvalue weighted by Crippen LogP contribution is 2.08. The van der Waals surface area contributed by atoms with E-state index in [2.05, 4.69) is 14.9 Å². The summed E-state index contributed by atoms with van der Waals surface area (Å²) >= 11 is 1.33. The summed E-state index contributed by atoms with van der Waals surface area (Å²) in [6.45, 7) is 1.47. The first-order chi connectivity index (χ1) is 9.05. The normalized spacial score (nSPS) is 11.6. The summed E-state index contributed by atoms with van der Waals surface area (Å²) in [6.07, 6.45) is 0.808. The van der Waals surface area contributed by atoms with Crippen molar-refractivity contribution in [2.24, 2.45) is 5.14 Å². The van der Waals surface area contributed by atoms with Crippen LogP contribution in [0, 0.1) is 0 Å². The average Bonchev–Trinajstić information content (AvgIpc) is 2.87. The first-order valence-electron chi connectivity index (χ1n) is 5.64. The second-order valence-electron chi connectivity index (χ2n) is 4.01. The molecule has 2 aromatic rings. The molecule has 0 aliphatic heterocycles. The number of rotatable bonds is 6. The van der Waals surface area contributed by atoms with Crippen LogP contribution in [0.2, 0.25) is 0 Å². The van der Waals surface area contributed by atoms with E-state index in [1.165, 1.54) is 23.7 Å². The summed E-state index contributed by atoms with van der Waals surface area (Å²) in [5.74, 6) is 0. The lowest BCUT2D eigenvalue weighted by Gasteiger charge is -2.04. The summed E-state index contributed by atoms with van der Waals surface area (Å²) in [4.78, 5) is 0.137. The first-order valence-corrected chi connectivity index (χ1v) is 8.02. The van der Waals surface area contributed by atoms with Gasteiger partial charge in [-0.1, -0.05) is 16.6 Å². The number of aromatic nitrogens is 2. The smallest absolute Gasteiger partial charge is 0.238 e. The van der Waals surface area contributed by atoms with E-state index in [-0.39, 0.29) is 4.90 Å². The number of nitrogens with zero attached hydrogens (tertiary/aromatic N) is 2. The Morgan fingerprint density at radius 2 is 2.00 bits per heavy atom. The molecule has 0 saturated heterocycles. The number of benzene rings is 1. The highest BCUT2D eigenvalue weighted by molar-refractivity contribution is 7.89. The zero-order valence-corrected chi connectivity index (χ0v) is 11.7. The minimum atomic E-state index is -3.60. The van der Waals surface area contributed by atoms with E-state index in [0.717, 1.165) is 24.2 Å². The number of nitrogens with two attached hydrogens (primary N) is 1. The average molecular weight is 298 g/mol. The second-order valence-corrected chi connectivity index (χ2v) is 6.18. The van der Waals surface area contributed by atoms with Crippen molar-refractivity contribution in [2.45, 2.75) is 17.9 Å². The third-order valence-electron chi connectivity index (χ3n) is 2.55. The lowest BCUT2D eigenvalue weighted by Crippen LogP contribution is -2.17. The van der Waals surface area contributed by atoms with Gasteiger partial charge in [0.25, 0.3) is 0 Å². The van der Waals surface area contributed by atoms with E-state index in [1.807, 2.05) is 5.38 Å². The molecule has 102 valence electrons. The van der Waals surface area contributed by atoms with Crippen molar-refractivity contribution < 1.29 is 8.42 Å². The Kier molecular flexibility index (Phi) is 4.59. The monoisotopic (exact) mass is 298 g/mol. The SMILES string of the molecule is NS(=O)(=O)c1ccc(CCNCc2csnn2)cc1. The van der Waals surface area contributed by atoms with Gasteiger partial charge in [-0.25, -0.2) is 13.6 Å². The van der Waals surface area contributed by atoms with E-state index in [9.17, 15) is 8.42 Å². The van der Waals surface area contributed by atoms with Crippen molar-refractivity contribution in [1.82, 2.24) is 14.9 Å². The Balaban J connectivity index is 1.80. The van der Waals surface area contributed by atoms with Gasteiger partial charge in [0.2, 0.25) is 10.0 Å². The minimum Gasteiger partial charge on any atom is -0.311 e. The van der Waals surface area contributed by atoms with Gasteiger partial charge in [-0.05, 0) is 42.2 Å². The second kappa shape index (κ2) is 6.20. The van der Waals surface area contributed by atoms with Crippen molar-refractivity contribution in [1.29, 1.82) is 0 Å². The van der Waals surface area contributed by atoms with Crippen LogP contribution in [0.15, 0.2) is 34.5 Å². The molecule has 0 amide bonds. The molecular formula is C11H14N4O2S2. The molecule has 0 spiro atoms. The van der Waals surface area contributed by atoms with E-state index in [0.29, 0.717) is 6.54 Å². The number of nitrogens with one attached hydrogen (secondary N) is 1. The Labute approximate surface area is 115 Å². The number of hydrogen-bond donors (Lipinski definition) is 2. The van der Waals surface area contributed by atoms with Crippen LogP contribution in [0.3, 0.4) is 0 Å². The van der Waals surface area contributed by atoms with Gasteiger partial charge in [0, 0.05) is 11.9 Å². The lowest BCUT2D eigenvalue weighted by atomic mass is 10.1. The number of primary sulfonamides is 1. The van der Waals surface area contributed by atoms with E-state index >= 15 is 0 Å². The molecule has 0 aliphatic rings. The fourth-order valence-corrected chi connectivity index (χ4v) is 2.52. The van der Waals surface area contributed by atoms with Gasteiger partial charge in [0.1, 0.15) is 0 Å². The summed E-state index contributed by atoms with van der Waals surface area (Å²) < 4.78 is 26.0. The molecule has 6 nitrogen and oxygen atoms in total. The molecule has 3 N–H and O–H groups in total. The maximum Gasteiger partial charge on any atom is 0.238 e. The maximum atomic E-state index is 11.1. The fourth-order valence-electron chi connectivity index (χ4n) is 1.56. The lowest BCUT2D eigenvalue weighted by molar-refractivity contribution is 0.597. The van der Waals surface area contributed by atoms with Gasteiger partial charge < -0.3 is 5.32 Å². The molecule has 0 unspecified atom stereocenters. The zero-order chi connectivity index (χ0) is 13.7. The minimum absolute atomic E-state index is 0.137. The summed E-state index contributed by atoms with van der Waals surface area (Å²) in [5, 5.41) is 14.1. The van der Waals surface area contributed by atoms with Crippen molar-refractivity contribution >= 4 is 21.6 Å². The van der Waals surface area contributed by atoms with Gasteiger partial charge in [-0.15, -0.1) is 5.10 Å². The predicted octanol–water partition coefficient (Wildman–Crippen LogP) is 0.518. The Morgan fingerprint density at radius 1 is 1.26 bits per heavy atom. The molecule has 0 saturated carbocycles. The molecular weight excluding hydrogens is 284 g/mol. The molecule has 0 radical (unpaired) electrons. The standard InChI is InChI=1S/C11H14N4O2S2/c12-19(16,17)11-3-1-9(2-4-11)5-6-13-7-10-8-18-15-14-10/h1-4,8,13H,5-7H2,(H2,12,16,17). The van der Waals surface area contributed by atoms with Gasteiger partial charge in [0.15, 0.2) is 0 Å². The van der Waals surface area contributed by atoms with Crippen molar-refractivity contribution in [3.63, 3.8) is 0 Å². The van der Waals surface area contributed by atoms with Crippen LogP contribution in [0.4, 0.5) is 0 Å². The molecule has 8 heteroatoms. The van der Waals surface area contributed by atoms with Crippen LogP contribution in [-0.2, 0) is 23.0 Å². The van der Waals surface area contributed by atoms with E-state index < -0.39 is 10.0 Å². The summed E-state index contributed by atoms with van der Waals surface area (Å²) in [5.41, 5.74) is 1.98. The Hall–Kier alpha value is -1.35. The van der Waals surface area contributed by atoms with Crippen LogP contribution in [-0.4, -0.2) is 24.5 Å². The Morgan fingerprint density at radius 3 is 2.58 bits per heavy atom. The number of sulfonamides is 1. The van der Waals surface area contributed by atoms with E-state index in [1.54, 1.807) is 12.1 Å². The van der Waals surface area contributed by atoms with Crippen molar-refractivity contribution in [3.05, 3.63) is 40.9 Å². The molecule has 0 bridgehead atoms. The van der Waals surface area contributed by atoms with Crippen LogP contribution in [0.1, 0.15) is 11.3 Å². The first kappa shape index (κ1) is 14.1. The molecule has 1 heterocycles. The van der Waals surface area contributed by atoms with Crippen LogP contribution in [0.5, 0.6) is 0 Å². The summed E-state index contributed by atoms with van der Waals surface area (Å²) in [6, 6.07) is 6.58. The number of hydrogen-bond acceptors (Lipinski definition) is 6. The van der Waals surface area contributed by atoms with Gasteiger partial charge in [0.05, 0.1) is 10.6 Å². The summed E-state index contributed by atoms with van der Waals surface area (Å²) in [7, 11) is -3.60. The molecule has 2 rings (SSSR count). The van der Waals surface area contributed by atoms with Crippen molar-refractivity contribution in [2.75, 3.05) is 6.54 Å².